The number of pyridine rings is 1. The highest BCUT2D eigenvalue weighted by Gasteiger charge is 2.04. The summed E-state index contributed by atoms with van der Waals surface area (Å²) in [4.78, 5) is 6.28. The molecule has 0 aromatic carbocycles. The summed E-state index contributed by atoms with van der Waals surface area (Å²) < 4.78 is 0. The molecule has 78 valence electrons. The Bertz CT molecular complexity index is 248. The van der Waals surface area contributed by atoms with Crippen LogP contribution >= 0.6 is 0 Å². The number of hydrogen-bond donors (Lipinski definition) is 1. The zero-order valence-electron chi connectivity index (χ0n) is 8.98. The van der Waals surface area contributed by atoms with Gasteiger partial charge in [-0.3, -0.25) is 4.98 Å². The van der Waals surface area contributed by atoms with Crippen LogP contribution < -0.4 is 5.73 Å². The molecule has 1 aromatic heterocycles. The Kier molecular flexibility index (Phi) is 4.56. The largest absolute Gasteiger partial charge is 0.330 e. The molecule has 2 N–H and O–H groups in total. The van der Waals surface area contributed by atoms with Crippen molar-refractivity contribution in [3.05, 3.63) is 30.1 Å². The first-order chi connectivity index (χ1) is 6.72. The molecule has 1 atom stereocenters. The van der Waals surface area contributed by atoms with Crippen molar-refractivity contribution >= 4 is 0 Å². The van der Waals surface area contributed by atoms with E-state index in [4.69, 9.17) is 5.73 Å². The van der Waals surface area contributed by atoms with Gasteiger partial charge in [0.2, 0.25) is 0 Å². The molecule has 0 radical (unpaired) electrons. The topological polar surface area (TPSA) is 42.1 Å². The summed E-state index contributed by atoms with van der Waals surface area (Å²) in [5, 5.41) is 0. The van der Waals surface area contributed by atoms with E-state index in [1.165, 1.54) is 5.56 Å². The van der Waals surface area contributed by atoms with Crippen LogP contribution in [0.3, 0.4) is 0 Å². The van der Waals surface area contributed by atoms with Crippen molar-refractivity contribution in [3.63, 3.8) is 0 Å². The molecule has 0 spiro atoms. The zero-order chi connectivity index (χ0) is 10.4. The molecule has 0 bridgehead atoms. The van der Waals surface area contributed by atoms with Gasteiger partial charge >= 0.3 is 0 Å². The van der Waals surface area contributed by atoms with Crippen molar-refractivity contribution in [1.29, 1.82) is 0 Å². The van der Waals surface area contributed by atoms with Crippen LogP contribution in [-0.4, -0.2) is 30.0 Å². The van der Waals surface area contributed by atoms with Gasteiger partial charge in [-0.05, 0) is 37.2 Å². The third-order valence-electron chi connectivity index (χ3n) is 2.23. The van der Waals surface area contributed by atoms with E-state index in [-0.39, 0.29) is 0 Å². The Morgan fingerprint density at radius 3 is 2.64 bits per heavy atom. The highest BCUT2D eigenvalue weighted by Crippen LogP contribution is 2.03. The summed E-state index contributed by atoms with van der Waals surface area (Å²) in [5.74, 6) is 0.557. The first-order valence-electron chi connectivity index (χ1n) is 5.00. The molecule has 0 aliphatic carbocycles. The summed E-state index contributed by atoms with van der Waals surface area (Å²) in [6.07, 6.45) is 3.66. The molecule has 0 saturated carbocycles. The van der Waals surface area contributed by atoms with Gasteiger partial charge in [0.15, 0.2) is 0 Å². The second-order valence-electron chi connectivity index (χ2n) is 3.89. The second kappa shape index (κ2) is 5.73. The average Bonchev–Trinajstić information content (AvgIpc) is 2.19. The predicted molar refractivity (Wildman–Crippen MR) is 58.8 cm³/mol. The number of nitrogens with two attached hydrogens (primary N) is 1. The molecule has 1 rings (SSSR count). The van der Waals surface area contributed by atoms with Gasteiger partial charge < -0.3 is 10.6 Å². The van der Waals surface area contributed by atoms with Crippen molar-refractivity contribution in [2.75, 3.05) is 20.1 Å². The Balaban J connectivity index is 2.37. The molecule has 0 saturated heterocycles. The van der Waals surface area contributed by atoms with Gasteiger partial charge in [0.05, 0.1) is 0 Å². The third-order valence-corrected chi connectivity index (χ3v) is 2.23. The summed E-state index contributed by atoms with van der Waals surface area (Å²) >= 11 is 0. The summed E-state index contributed by atoms with van der Waals surface area (Å²) in [5.41, 5.74) is 6.87. The van der Waals surface area contributed by atoms with Crippen LogP contribution in [0.1, 0.15) is 12.5 Å². The minimum atomic E-state index is 0.557. The number of nitrogens with zero attached hydrogens (tertiary/aromatic N) is 2. The smallest absolute Gasteiger partial charge is 0.0271 e. The van der Waals surface area contributed by atoms with E-state index in [2.05, 4.69) is 23.9 Å². The molecule has 1 aromatic rings. The molecule has 1 heterocycles. The molecular weight excluding hydrogens is 174 g/mol. The maximum absolute atomic E-state index is 5.58. The monoisotopic (exact) mass is 193 g/mol. The highest BCUT2D eigenvalue weighted by molar-refractivity contribution is 5.09. The third kappa shape index (κ3) is 3.85. The van der Waals surface area contributed by atoms with E-state index in [9.17, 15) is 0 Å². The molecule has 3 heteroatoms. The maximum atomic E-state index is 5.58. The molecule has 0 aliphatic rings. The fourth-order valence-electron chi connectivity index (χ4n) is 1.47. The minimum absolute atomic E-state index is 0.557. The lowest BCUT2D eigenvalue weighted by molar-refractivity contribution is 0.282. The molecule has 0 fully saturated rings. The van der Waals surface area contributed by atoms with Crippen molar-refractivity contribution in [3.8, 4) is 0 Å². The van der Waals surface area contributed by atoms with Crippen LogP contribution in [0, 0.1) is 5.92 Å². The average molecular weight is 193 g/mol. The van der Waals surface area contributed by atoms with E-state index in [1.807, 2.05) is 24.5 Å². The van der Waals surface area contributed by atoms with Crippen LogP contribution in [0.4, 0.5) is 0 Å². The lowest BCUT2D eigenvalue weighted by Crippen LogP contribution is -2.28. The van der Waals surface area contributed by atoms with E-state index < -0.39 is 0 Å². The Morgan fingerprint density at radius 1 is 1.43 bits per heavy atom. The molecule has 1 unspecified atom stereocenters. The summed E-state index contributed by atoms with van der Waals surface area (Å²) in [6.45, 7) is 4.93. The number of rotatable bonds is 5. The second-order valence-corrected chi connectivity index (χ2v) is 3.89. The Morgan fingerprint density at radius 2 is 2.07 bits per heavy atom. The minimum Gasteiger partial charge on any atom is -0.330 e. The van der Waals surface area contributed by atoms with Crippen molar-refractivity contribution in [1.82, 2.24) is 9.88 Å². The summed E-state index contributed by atoms with van der Waals surface area (Å²) in [6, 6.07) is 4.09. The van der Waals surface area contributed by atoms with Crippen molar-refractivity contribution in [2.24, 2.45) is 11.7 Å². The van der Waals surface area contributed by atoms with Crippen molar-refractivity contribution < 1.29 is 0 Å². The molecular formula is C11H19N3. The Hall–Kier alpha value is -0.930. The van der Waals surface area contributed by atoms with Crippen LogP contribution in [0.2, 0.25) is 0 Å². The van der Waals surface area contributed by atoms with Gasteiger partial charge in [0, 0.05) is 25.5 Å². The SMILES string of the molecule is CC(CN)CN(C)Cc1ccncc1. The van der Waals surface area contributed by atoms with Gasteiger partial charge in [-0.1, -0.05) is 6.92 Å². The highest BCUT2D eigenvalue weighted by atomic mass is 15.1. The van der Waals surface area contributed by atoms with Crippen LogP contribution in [0.25, 0.3) is 0 Å². The maximum Gasteiger partial charge on any atom is 0.0271 e. The summed E-state index contributed by atoms with van der Waals surface area (Å²) in [7, 11) is 2.12. The lowest BCUT2D eigenvalue weighted by Gasteiger charge is -2.20. The van der Waals surface area contributed by atoms with E-state index >= 15 is 0 Å². The molecule has 3 nitrogen and oxygen atoms in total. The first-order valence-corrected chi connectivity index (χ1v) is 5.00. The van der Waals surface area contributed by atoms with Gasteiger partial charge in [0.1, 0.15) is 0 Å². The van der Waals surface area contributed by atoms with Crippen molar-refractivity contribution in [2.45, 2.75) is 13.5 Å². The van der Waals surface area contributed by atoms with E-state index in [0.29, 0.717) is 5.92 Å². The fraction of sp³-hybridized carbons (Fsp3) is 0.545. The van der Waals surface area contributed by atoms with Gasteiger partial charge in [0.25, 0.3) is 0 Å². The lowest BCUT2D eigenvalue weighted by atomic mass is 10.1. The number of hydrogen-bond acceptors (Lipinski definition) is 3. The number of aromatic nitrogens is 1. The van der Waals surface area contributed by atoms with Crippen LogP contribution in [0.15, 0.2) is 24.5 Å². The molecule has 0 amide bonds. The van der Waals surface area contributed by atoms with Gasteiger partial charge in [-0.25, -0.2) is 0 Å². The molecule has 14 heavy (non-hydrogen) atoms. The molecule has 0 aliphatic heterocycles. The van der Waals surface area contributed by atoms with Gasteiger partial charge in [-0.2, -0.15) is 0 Å². The zero-order valence-corrected chi connectivity index (χ0v) is 8.98. The normalized spacial score (nSPS) is 13.1. The van der Waals surface area contributed by atoms with Crippen LogP contribution in [-0.2, 0) is 6.54 Å². The van der Waals surface area contributed by atoms with E-state index in [0.717, 1.165) is 19.6 Å². The van der Waals surface area contributed by atoms with E-state index in [1.54, 1.807) is 0 Å². The fourth-order valence-corrected chi connectivity index (χ4v) is 1.47. The first kappa shape index (κ1) is 11.1. The van der Waals surface area contributed by atoms with Crippen LogP contribution in [0.5, 0.6) is 0 Å². The standard InChI is InChI=1S/C11H19N3/c1-10(7-12)8-14(2)9-11-3-5-13-6-4-11/h3-6,10H,7-9,12H2,1-2H3. The quantitative estimate of drug-likeness (QED) is 0.761. The Labute approximate surface area is 85.9 Å². The van der Waals surface area contributed by atoms with Gasteiger partial charge in [-0.15, -0.1) is 0 Å². The predicted octanol–water partition coefficient (Wildman–Crippen LogP) is 1.11.